The molecule has 0 aliphatic heterocycles. The number of nitrogens with zero attached hydrogens (tertiary/aromatic N) is 6. The van der Waals surface area contributed by atoms with E-state index < -0.39 is 5.41 Å². The van der Waals surface area contributed by atoms with Crippen LogP contribution < -0.4 is 18.9 Å². The molecular formula is C23H24N6O4Pt. The number of ether oxygens (including phenoxy) is 4. The van der Waals surface area contributed by atoms with Crippen LogP contribution in [0.5, 0.6) is 23.5 Å². The molecule has 0 atom stereocenters. The van der Waals surface area contributed by atoms with Crippen LogP contribution >= 0.6 is 0 Å². The minimum atomic E-state index is -0.540. The summed E-state index contributed by atoms with van der Waals surface area (Å²) in [6.07, 6.45) is 5.72. The Bertz CT molecular complexity index is 1170. The standard InChI is InChI=1S/C23H24N6O4.Pt/c1-23(2,15-9-7-11-17(26-15)28-13-24-19(30-3)21(28)32-5)16-10-8-12-18(27-16)29-14-25-20(31-4)22(29)33-6;/h7-12H,1-6H3;/q-2;+2. The van der Waals surface area contributed by atoms with Crippen molar-refractivity contribution >= 4 is 0 Å². The van der Waals surface area contributed by atoms with E-state index in [-0.39, 0.29) is 21.1 Å². The Morgan fingerprint density at radius 1 is 0.676 bits per heavy atom. The van der Waals surface area contributed by atoms with Gasteiger partial charge in [0, 0.05) is 29.5 Å². The number of aromatic nitrogens is 6. The van der Waals surface area contributed by atoms with Crippen LogP contribution in [0.3, 0.4) is 0 Å². The molecule has 0 saturated heterocycles. The minimum absolute atomic E-state index is 0. The maximum absolute atomic E-state index is 5.43. The van der Waals surface area contributed by atoms with E-state index in [1.165, 1.54) is 14.2 Å². The van der Waals surface area contributed by atoms with Gasteiger partial charge in [-0.3, -0.25) is 9.97 Å². The van der Waals surface area contributed by atoms with Crippen molar-refractivity contribution in [1.29, 1.82) is 0 Å². The zero-order chi connectivity index (χ0) is 23.6. The SMILES string of the molecule is COc1n[c-]n(-c2cccc(C(C)(C)c3cccc(-n4[c-]nc(OC)c4OC)n3)n2)c1OC.[Pt+2]. The molecule has 4 aromatic heterocycles. The molecule has 0 aromatic carbocycles. The van der Waals surface area contributed by atoms with Crippen molar-refractivity contribution in [2.45, 2.75) is 19.3 Å². The summed E-state index contributed by atoms with van der Waals surface area (Å²) in [6.45, 7) is 4.10. The Morgan fingerprint density at radius 2 is 1.09 bits per heavy atom. The third-order valence-electron chi connectivity index (χ3n) is 5.26. The fourth-order valence-corrected chi connectivity index (χ4v) is 3.43. The van der Waals surface area contributed by atoms with Crippen molar-refractivity contribution < 1.29 is 40.0 Å². The summed E-state index contributed by atoms with van der Waals surface area (Å²) >= 11 is 0. The van der Waals surface area contributed by atoms with Gasteiger partial charge in [0.25, 0.3) is 0 Å². The Balaban J connectivity index is 0.00000324. The summed E-state index contributed by atoms with van der Waals surface area (Å²) in [5, 5.41) is 0. The van der Waals surface area contributed by atoms with E-state index in [2.05, 4.69) is 36.5 Å². The average Bonchev–Trinajstić information content (AvgIpc) is 3.47. The van der Waals surface area contributed by atoms with Crippen LogP contribution in [0.1, 0.15) is 25.2 Å². The van der Waals surface area contributed by atoms with Crippen molar-refractivity contribution in [3.63, 3.8) is 0 Å². The zero-order valence-electron chi connectivity index (χ0n) is 19.6. The fourth-order valence-electron chi connectivity index (χ4n) is 3.43. The van der Waals surface area contributed by atoms with Gasteiger partial charge in [-0.25, -0.2) is 0 Å². The molecule has 10 nitrogen and oxygen atoms in total. The van der Waals surface area contributed by atoms with E-state index in [9.17, 15) is 0 Å². The van der Waals surface area contributed by atoms with Crippen LogP contribution in [0.25, 0.3) is 11.6 Å². The molecule has 180 valence electrons. The Kier molecular flexibility index (Phi) is 7.61. The molecule has 0 fully saturated rings. The molecule has 4 rings (SSSR count). The fraction of sp³-hybridized carbons (Fsp3) is 0.304. The molecule has 0 saturated carbocycles. The van der Waals surface area contributed by atoms with Gasteiger partial charge in [0.1, 0.15) is 11.8 Å². The van der Waals surface area contributed by atoms with Gasteiger partial charge in [-0.05, 0) is 26.0 Å². The van der Waals surface area contributed by atoms with Gasteiger partial charge >= 0.3 is 21.1 Å². The topological polar surface area (TPSA) is 98.3 Å². The first-order valence-corrected chi connectivity index (χ1v) is 10.1. The molecule has 0 N–H and O–H groups in total. The summed E-state index contributed by atoms with van der Waals surface area (Å²) in [6, 6.07) is 11.4. The summed E-state index contributed by atoms with van der Waals surface area (Å²) in [7, 11) is 6.14. The Labute approximate surface area is 212 Å². The first kappa shape index (κ1) is 25.2. The van der Waals surface area contributed by atoms with Gasteiger partial charge in [0.2, 0.25) is 0 Å². The molecule has 0 spiro atoms. The molecule has 0 unspecified atom stereocenters. The van der Waals surface area contributed by atoms with Gasteiger partial charge in [-0.15, -0.1) is 0 Å². The molecule has 0 amide bonds. The summed E-state index contributed by atoms with van der Waals surface area (Å²) in [5.74, 6) is 2.68. The van der Waals surface area contributed by atoms with Gasteiger partial charge < -0.3 is 38.0 Å². The van der Waals surface area contributed by atoms with Gasteiger partial charge in [-0.1, -0.05) is 24.3 Å². The van der Waals surface area contributed by atoms with Crippen molar-refractivity contribution in [2.24, 2.45) is 0 Å². The van der Waals surface area contributed by atoms with E-state index in [1.807, 2.05) is 36.4 Å². The summed E-state index contributed by atoms with van der Waals surface area (Å²) in [4.78, 5) is 17.9. The Morgan fingerprint density at radius 3 is 1.44 bits per heavy atom. The maximum atomic E-state index is 5.43. The van der Waals surface area contributed by atoms with Crippen LogP contribution in [-0.4, -0.2) is 57.5 Å². The second-order valence-electron chi connectivity index (χ2n) is 7.52. The smallest absolute Gasteiger partial charge is 0.528 e. The van der Waals surface area contributed by atoms with Crippen molar-refractivity contribution in [3.8, 4) is 35.2 Å². The molecule has 0 bridgehead atoms. The van der Waals surface area contributed by atoms with Crippen LogP contribution in [0.4, 0.5) is 0 Å². The molecular weight excluding hydrogens is 619 g/mol. The number of pyridine rings is 2. The van der Waals surface area contributed by atoms with Crippen LogP contribution in [0.15, 0.2) is 36.4 Å². The normalized spacial score (nSPS) is 11.0. The van der Waals surface area contributed by atoms with Crippen molar-refractivity contribution in [1.82, 2.24) is 29.1 Å². The van der Waals surface area contributed by atoms with Gasteiger partial charge in [0.05, 0.1) is 40.1 Å². The first-order valence-electron chi connectivity index (χ1n) is 10.1. The van der Waals surface area contributed by atoms with E-state index in [0.717, 1.165) is 11.4 Å². The third kappa shape index (κ3) is 4.37. The van der Waals surface area contributed by atoms with Gasteiger partial charge in [0.15, 0.2) is 11.8 Å². The van der Waals surface area contributed by atoms with E-state index in [4.69, 9.17) is 28.9 Å². The number of methoxy groups -OCH3 is 4. The molecule has 11 heteroatoms. The average molecular weight is 644 g/mol. The second kappa shape index (κ2) is 10.3. The summed E-state index contributed by atoms with van der Waals surface area (Å²) < 4.78 is 24.5. The zero-order valence-corrected chi connectivity index (χ0v) is 21.9. The molecule has 4 heterocycles. The molecule has 34 heavy (non-hydrogen) atoms. The third-order valence-corrected chi connectivity index (χ3v) is 5.26. The van der Waals surface area contributed by atoms with Crippen LogP contribution in [0.2, 0.25) is 0 Å². The maximum Gasteiger partial charge on any atom is 2.00 e. The number of imidazole rings is 2. The predicted octanol–water partition coefficient (Wildman–Crippen LogP) is 2.81. The molecule has 0 radical (unpaired) electrons. The van der Waals surface area contributed by atoms with E-state index >= 15 is 0 Å². The van der Waals surface area contributed by atoms with Crippen LogP contribution in [0, 0.1) is 12.7 Å². The largest absolute Gasteiger partial charge is 2.00 e. The Hall–Kier alpha value is -3.39. The quantitative estimate of drug-likeness (QED) is 0.271. The van der Waals surface area contributed by atoms with Crippen molar-refractivity contribution in [2.75, 3.05) is 28.4 Å². The minimum Gasteiger partial charge on any atom is -0.528 e. The van der Waals surface area contributed by atoms with Gasteiger partial charge in [-0.2, -0.15) is 0 Å². The second-order valence-corrected chi connectivity index (χ2v) is 7.52. The predicted molar refractivity (Wildman–Crippen MR) is 119 cm³/mol. The van der Waals surface area contributed by atoms with Crippen LogP contribution in [-0.2, 0) is 26.5 Å². The molecule has 0 aliphatic carbocycles. The van der Waals surface area contributed by atoms with Crippen molar-refractivity contribution in [3.05, 3.63) is 60.4 Å². The first-order chi connectivity index (χ1) is 15.9. The van der Waals surface area contributed by atoms with E-state index in [0.29, 0.717) is 35.2 Å². The molecule has 0 aliphatic rings. The number of hydrogen-bond acceptors (Lipinski definition) is 8. The summed E-state index contributed by atoms with van der Waals surface area (Å²) in [5.41, 5.74) is 1.06. The monoisotopic (exact) mass is 643 g/mol. The van der Waals surface area contributed by atoms with E-state index in [1.54, 1.807) is 23.4 Å². The number of rotatable bonds is 8. The number of hydrogen-bond donors (Lipinski definition) is 0. The molecule has 4 aromatic rings.